The lowest BCUT2D eigenvalue weighted by Gasteiger charge is -2.34. The topological polar surface area (TPSA) is 53.0 Å². The number of amides is 1. The number of carbonyl (C=O) groups excluding carboxylic acids is 1. The van der Waals surface area contributed by atoms with Crippen molar-refractivity contribution < 1.29 is 14.6 Å². The first kappa shape index (κ1) is 10.3. The van der Waals surface area contributed by atoms with Crippen LogP contribution in [0.5, 0.6) is 0 Å². The standard InChI is InChI=1S/C7H15BN2O3/c1-8(12)10-5-3-9(4-6-10)7(11)13-2/h12H,3-6H2,1-2H3. The third-order valence-corrected chi connectivity index (χ3v) is 2.28. The number of ether oxygens (including phenoxy) is 1. The minimum Gasteiger partial charge on any atom is -0.453 e. The Kier molecular flexibility index (Phi) is 3.56. The van der Waals surface area contributed by atoms with Gasteiger partial charge in [0.1, 0.15) is 0 Å². The Balaban J connectivity index is 2.34. The largest absolute Gasteiger partial charge is 0.453 e. The fourth-order valence-corrected chi connectivity index (χ4v) is 1.41. The molecule has 0 atom stereocenters. The highest BCUT2D eigenvalue weighted by molar-refractivity contribution is 6.45. The van der Waals surface area contributed by atoms with E-state index < -0.39 is 7.05 Å². The fourth-order valence-electron chi connectivity index (χ4n) is 1.41. The molecular formula is C7H15BN2O3. The van der Waals surface area contributed by atoms with Crippen molar-refractivity contribution in [2.24, 2.45) is 0 Å². The summed E-state index contributed by atoms with van der Waals surface area (Å²) < 4.78 is 4.59. The van der Waals surface area contributed by atoms with E-state index in [1.165, 1.54) is 7.11 Å². The number of carbonyl (C=O) groups is 1. The summed E-state index contributed by atoms with van der Waals surface area (Å²) in [5.41, 5.74) is 0. The first-order chi connectivity index (χ1) is 6.15. The van der Waals surface area contributed by atoms with E-state index >= 15 is 0 Å². The zero-order valence-corrected chi connectivity index (χ0v) is 8.06. The van der Waals surface area contributed by atoms with Crippen LogP contribution >= 0.6 is 0 Å². The Labute approximate surface area is 78.4 Å². The van der Waals surface area contributed by atoms with Crippen molar-refractivity contribution in [1.29, 1.82) is 0 Å². The molecule has 1 N–H and O–H groups in total. The molecule has 0 radical (unpaired) electrons. The number of rotatable bonds is 1. The summed E-state index contributed by atoms with van der Waals surface area (Å²) in [5.74, 6) is 0. The number of piperazine rings is 1. The van der Waals surface area contributed by atoms with Crippen LogP contribution in [-0.2, 0) is 4.74 Å². The van der Waals surface area contributed by atoms with Gasteiger partial charge in [0.05, 0.1) is 7.11 Å². The second-order valence-electron chi connectivity index (χ2n) is 3.12. The van der Waals surface area contributed by atoms with Gasteiger partial charge in [-0.25, -0.2) is 4.79 Å². The maximum Gasteiger partial charge on any atom is 0.409 e. The second-order valence-corrected chi connectivity index (χ2v) is 3.12. The Morgan fingerprint density at radius 1 is 1.38 bits per heavy atom. The van der Waals surface area contributed by atoms with E-state index in [-0.39, 0.29) is 6.09 Å². The average Bonchev–Trinajstić information content (AvgIpc) is 2.17. The maximum absolute atomic E-state index is 11.1. The van der Waals surface area contributed by atoms with Gasteiger partial charge in [-0.3, -0.25) is 0 Å². The highest BCUT2D eigenvalue weighted by Crippen LogP contribution is 2.03. The van der Waals surface area contributed by atoms with Gasteiger partial charge in [0.2, 0.25) is 0 Å². The van der Waals surface area contributed by atoms with Crippen molar-refractivity contribution in [3.63, 3.8) is 0 Å². The molecule has 1 fully saturated rings. The molecule has 1 aliphatic heterocycles. The molecule has 0 unspecified atom stereocenters. The lowest BCUT2D eigenvalue weighted by atomic mass is 9.84. The molecule has 6 heteroatoms. The van der Waals surface area contributed by atoms with E-state index in [0.29, 0.717) is 26.2 Å². The molecule has 1 amide bonds. The molecule has 0 aromatic heterocycles. The van der Waals surface area contributed by atoms with E-state index in [2.05, 4.69) is 4.74 Å². The third-order valence-electron chi connectivity index (χ3n) is 2.28. The van der Waals surface area contributed by atoms with Gasteiger partial charge in [-0.05, 0) is 6.82 Å². The Morgan fingerprint density at radius 2 is 1.92 bits per heavy atom. The van der Waals surface area contributed by atoms with Crippen LogP contribution in [0.4, 0.5) is 4.79 Å². The molecule has 1 rings (SSSR count). The number of hydrogen-bond acceptors (Lipinski definition) is 4. The van der Waals surface area contributed by atoms with Gasteiger partial charge in [0, 0.05) is 26.2 Å². The number of hydrogen-bond donors (Lipinski definition) is 1. The number of methoxy groups -OCH3 is 1. The van der Waals surface area contributed by atoms with Crippen molar-refractivity contribution in [1.82, 2.24) is 9.71 Å². The molecule has 1 heterocycles. The van der Waals surface area contributed by atoms with Crippen LogP contribution in [-0.4, -0.2) is 61.2 Å². The maximum atomic E-state index is 11.1. The minimum absolute atomic E-state index is 0.287. The highest BCUT2D eigenvalue weighted by atomic mass is 16.5. The fraction of sp³-hybridized carbons (Fsp3) is 0.857. The minimum atomic E-state index is -0.431. The van der Waals surface area contributed by atoms with E-state index in [1.54, 1.807) is 11.7 Å². The van der Waals surface area contributed by atoms with Crippen molar-refractivity contribution in [3.05, 3.63) is 0 Å². The van der Waals surface area contributed by atoms with Crippen molar-refractivity contribution in [2.45, 2.75) is 6.82 Å². The van der Waals surface area contributed by atoms with Crippen molar-refractivity contribution in [3.8, 4) is 0 Å². The van der Waals surface area contributed by atoms with Crippen LogP contribution in [0.2, 0.25) is 6.82 Å². The molecule has 0 aromatic carbocycles. The summed E-state index contributed by atoms with van der Waals surface area (Å²) in [5, 5.41) is 9.25. The Morgan fingerprint density at radius 3 is 2.31 bits per heavy atom. The molecule has 13 heavy (non-hydrogen) atoms. The normalized spacial score (nSPS) is 18.5. The molecule has 1 aliphatic rings. The van der Waals surface area contributed by atoms with Gasteiger partial charge in [-0.2, -0.15) is 0 Å². The van der Waals surface area contributed by atoms with Gasteiger partial charge < -0.3 is 19.5 Å². The number of nitrogens with zero attached hydrogens (tertiary/aromatic N) is 2. The summed E-state index contributed by atoms with van der Waals surface area (Å²) in [6.45, 7) is 4.38. The lowest BCUT2D eigenvalue weighted by molar-refractivity contribution is 0.105. The smallest absolute Gasteiger partial charge is 0.409 e. The van der Waals surface area contributed by atoms with Crippen LogP contribution in [0.15, 0.2) is 0 Å². The molecule has 0 spiro atoms. The summed E-state index contributed by atoms with van der Waals surface area (Å²) in [6, 6.07) is 0. The molecule has 0 aromatic rings. The predicted molar refractivity (Wildman–Crippen MR) is 49.4 cm³/mol. The molecule has 0 saturated carbocycles. The van der Waals surface area contributed by atoms with Crippen molar-refractivity contribution >= 4 is 13.1 Å². The quantitative estimate of drug-likeness (QED) is 0.560. The zero-order chi connectivity index (χ0) is 9.84. The van der Waals surface area contributed by atoms with Gasteiger partial charge >= 0.3 is 13.1 Å². The van der Waals surface area contributed by atoms with E-state index in [9.17, 15) is 9.82 Å². The molecule has 0 aliphatic carbocycles. The first-order valence-corrected chi connectivity index (χ1v) is 4.40. The van der Waals surface area contributed by atoms with Crippen LogP contribution in [0.1, 0.15) is 0 Å². The third kappa shape index (κ3) is 2.60. The monoisotopic (exact) mass is 186 g/mol. The summed E-state index contributed by atoms with van der Waals surface area (Å²) >= 11 is 0. The molecular weight excluding hydrogens is 171 g/mol. The molecule has 74 valence electrons. The van der Waals surface area contributed by atoms with Gasteiger partial charge in [-0.15, -0.1) is 0 Å². The predicted octanol–water partition coefficient (Wildman–Crippen LogP) is -0.519. The van der Waals surface area contributed by atoms with Crippen LogP contribution < -0.4 is 0 Å². The SMILES string of the molecule is COC(=O)N1CCN(B(C)O)CC1. The van der Waals surface area contributed by atoms with Crippen LogP contribution in [0.25, 0.3) is 0 Å². The van der Waals surface area contributed by atoms with Gasteiger partial charge in [0.25, 0.3) is 0 Å². The molecule has 1 saturated heterocycles. The van der Waals surface area contributed by atoms with E-state index in [1.807, 2.05) is 4.81 Å². The average molecular weight is 186 g/mol. The first-order valence-electron chi connectivity index (χ1n) is 4.40. The van der Waals surface area contributed by atoms with Crippen molar-refractivity contribution in [2.75, 3.05) is 33.3 Å². The van der Waals surface area contributed by atoms with Gasteiger partial charge in [-0.1, -0.05) is 0 Å². The Hall–Kier alpha value is -0.745. The van der Waals surface area contributed by atoms with Crippen LogP contribution in [0.3, 0.4) is 0 Å². The van der Waals surface area contributed by atoms with Gasteiger partial charge in [0.15, 0.2) is 0 Å². The molecule has 5 nitrogen and oxygen atoms in total. The van der Waals surface area contributed by atoms with E-state index in [4.69, 9.17) is 0 Å². The second kappa shape index (κ2) is 4.48. The summed E-state index contributed by atoms with van der Waals surface area (Å²) in [7, 11) is 0.948. The zero-order valence-electron chi connectivity index (χ0n) is 8.06. The summed E-state index contributed by atoms with van der Waals surface area (Å²) in [4.78, 5) is 14.6. The summed E-state index contributed by atoms with van der Waals surface area (Å²) in [6.07, 6.45) is -0.287. The molecule has 0 bridgehead atoms. The lowest BCUT2D eigenvalue weighted by Crippen LogP contribution is -2.52. The van der Waals surface area contributed by atoms with Crippen LogP contribution in [0, 0.1) is 0 Å². The Bertz CT molecular complexity index is 181. The van der Waals surface area contributed by atoms with E-state index in [0.717, 1.165) is 0 Å². The highest BCUT2D eigenvalue weighted by Gasteiger charge is 2.25.